The summed E-state index contributed by atoms with van der Waals surface area (Å²) in [6.07, 6.45) is 92.8. The second-order valence-electron chi connectivity index (χ2n) is 27.2. The van der Waals surface area contributed by atoms with Crippen LogP contribution in [0.3, 0.4) is 0 Å². The van der Waals surface area contributed by atoms with Gasteiger partial charge in [-0.25, -0.2) is 9.13 Å². The number of carbonyl (C=O) groups is 3. The van der Waals surface area contributed by atoms with Gasteiger partial charge in [0.05, 0.1) is 26.4 Å². The maximum absolute atomic E-state index is 12.9. The Morgan fingerprint density at radius 1 is 0.282 bits per heavy atom. The molecule has 18 heteroatoms. The number of phosphoric acid groups is 2. The molecular formula is C85H148O16P2. The normalized spacial score (nSPS) is 14.6. The predicted molar refractivity (Wildman–Crippen MR) is 427 cm³/mol. The Bertz CT molecular complexity index is 2360. The highest BCUT2D eigenvalue weighted by molar-refractivity contribution is 7.47. The number of carbonyl (C=O) groups excluding carboxylic acids is 3. The average Bonchev–Trinajstić information content (AvgIpc) is 0.911. The number of aliphatic hydroxyl groups excluding tert-OH is 2. The van der Waals surface area contributed by atoms with Gasteiger partial charge in [0.15, 0.2) is 6.10 Å². The summed E-state index contributed by atoms with van der Waals surface area (Å²) in [6.45, 7) is 2.48. The third-order valence-electron chi connectivity index (χ3n) is 17.1. The molecule has 0 bridgehead atoms. The van der Waals surface area contributed by atoms with Crippen LogP contribution in [0.2, 0.25) is 0 Å². The summed E-state index contributed by atoms with van der Waals surface area (Å²) < 4.78 is 61.0. The zero-order valence-corrected chi connectivity index (χ0v) is 66.7. The van der Waals surface area contributed by atoms with Crippen molar-refractivity contribution in [1.82, 2.24) is 0 Å². The van der Waals surface area contributed by atoms with E-state index in [-0.39, 0.29) is 19.3 Å². The van der Waals surface area contributed by atoms with E-state index in [2.05, 4.69) is 142 Å². The summed E-state index contributed by atoms with van der Waals surface area (Å²) >= 11 is 0. The molecule has 0 amide bonds. The van der Waals surface area contributed by atoms with Crippen LogP contribution in [0.15, 0.2) is 122 Å². The van der Waals surface area contributed by atoms with Gasteiger partial charge in [-0.05, 0) is 128 Å². The molecule has 0 aliphatic carbocycles. The average molecular weight is 1490 g/mol. The molecule has 4 N–H and O–H groups in total. The third kappa shape index (κ3) is 78.8. The third-order valence-corrected chi connectivity index (χ3v) is 19.0. The van der Waals surface area contributed by atoms with Crippen LogP contribution in [-0.2, 0) is 55.8 Å². The number of allylic oxidation sites excluding steroid dienone is 20. The van der Waals surface area contributed by atoms with Gasteiger partial charge < -0.3 is 34.2 Å². The zero-order chi connectivity index (χ0) is 75.2. The molecule has 0 aliphatic rings. The van der Waals surface area contributed by atoms with E-state index in [9.17, 15) is 43.5 Å². The van der Waals surface area contributed by atoms with Crippen molar-refractivity contribution in [2.45, 2.75) is 360 Å². The number of rotatable bonds is 77. The Morgan fingerprint density at radius 3 is 0.854 bits per heavy atom. The van der Waals surface area contributed by atoms with E-state index in [1.54, 1.807) is 0 Å². The van der Waals surface area contributed by atoms with Crippen molar-refractivity contribution in [3.8, 4) is 0 Å². The molecule has 0 saturated heterocycles. The topological polar surface area (TPSA) is 231 Å². The maximum atomic E-state index is 12.9. The first-order valence-corrected chi connectivity index (χ1v) is 43.8. The Balaban J connectivity index is 4.34. The number of ether oxygens (including phenoxy) is 3. The van der Waals surface area contributed by atoms with E-state index in [1.165, 1.54) is 141 Å². The number of phosphoric ester groups is 2. The predicted octanol–water partition coefficient (Wildman–Crippen LogP) is 24.1. The van der Waals surface area contributed by atoms with Gasteiger partial charge in [-0.15, -0.1) is 0 Å². The van der Waals surface area contributed by atoms with Gasteiger partial charge in [-0.1, -0.05) is 316 Å². The molecule has 5 unspecified atom stereocenters. The van der Waals surface area contributed by atoms with Gasteiger partial charge >= 0.3 is 33.6 Å². The summed E-state index contributed by atoms with van der Waals surface area (Å²) in [6, 6.07) is 0. The second kappa shape index (κ2) is 77.6. The van der Waals surface area contributed by atoms with Crippen LogP contribution < -0.4 is 0 Å². The molecule has 0 saturated carbocycles. The van der Waals surface area contributed by atoms with E-state index in [1.807, 2.05) is 0 Å². The zero-order valence-electron chi connectivity index (χ0n) is 65.0. The van der Waals surface area contributed by atoms with Crippen molar-refractivity contribution < 1.29 is 75.8 Å². The summed E-state index contributed by atoms with van der Waals surface area (Å²) in [4.78, 5) is 58.5. The number of unbranched alkanes of at least 4 members (excludes halogenated alkanes) is 34. The molecule has 0 aliphatic heterocycles. The van der Waals surface area contributed by atoms with Gasteiger partial charge in [0.25, 0.3) is 0 Å². The molecule has 0 spiro atoms. The van der Waals surface area contributed by atoms with Crippen molar-refractivity contribution in [2.75, 3.05) is 39.6 Å². The van der Waals surface area contributed by atoms with Gasteiger partial charge in [-0.2, -0.15) is 0 Å². The van der Waals surface area contributed by atoms with Gasteiger partial charge in [0.1, 0.15) is 25.4 Å². The lowest BCUT2D eigenvalue weighted by Gasteiger charge is -2.21. The first-order chi connectivity index (χ1) is 50.2. The first kappa shape index (κ1) is 98.9. The van der Waals surface area contributed by atoms with Crippen molar-refractivity contribution in [3.63, 3.8) is 0 Å². The second-order valence-corrected chi connectivity index (χ2v) is 30.1. The minimum Gasteiger partial charge on any atom is -0.463 e. The largest absolute Gasteiger partial charge is 0.472 e. The van der Waals surface area contributed by atoms with Crippen LogP contribution in [-0.4, -0.2) is 95.9 Å². The molecule has 16 nitrogen and oxygen atoms in total. The van der Waals surface area contributed by atoms with Crippen LogP contribution >= 0.6 is 15.6 Å². The lowest BCUT2D eigenvalue weighted by atomic mass is 10.0. The minimum absolute atomic E-state index is 0.0880. The highest BCUT2D eigenvalue weighted by Crippen LogP contribution is 2.45. The van der Waals surface area contributed by atoms with Crippen molar-refractivity contribution >= 4 is 33.6 Å². The van der Waals surface area contributed by atoms with Crippen LogP contribution in [0, 0.1) is 0 Å². The fourth-order valence-corrected chi connectivity index (χ4v) is 12.5. The maximum Gasteiger partial charge on any atom is 0.472 e. The lowest BCUT2D eigenvalue weighted by molar-refractivity contribution is -0.161. The fourth-order valence-electron chi connectivity index (χ4n) is 10.9. The molecule has 0 aromatic rings. The van der Waals surface area contributed by atoms with E-state index in [4.69, 9.17) is 32.3 Å². The molecule has 103 heavy (non-hydrogen) atoms. The van der Waals surface area contributed by atoms with Gasteiger partial charge in [0.2, 0.25) is 0 Å². The van der Waals surface area contributed by atoms with Crippen LogP contribution in [0.25, 0.3) is 0 Å². The van der Waals surface area contributed by atoms with Crippen molar-refractivity contribution in [1.29, 1.82) is 0 Å². The number of hydrogen-bond donors (Lipinski definition) is 4. The summed E-state index contributed by atoms with van der Waals surface area (Å²) in [7, 11) is -9.79. The number of esters is 3. The fraction of sp³-hybridized carbons (Fsp3) is 0.729. The Morgan fingerprint density at radius 2 is 0.524 bits per heavy atom. The summed E-state index contributed by atoms with van der Waals surface area (Å²) in [5.74, 6) is -1.60. The molecule has 0 heterocycles. The molecule has 0 fully saturated rings. The number of hydrogen-bond acceptors (Lipinski definition) is 14. The number of aliphatic hydroxyl groups is 2. The highest BCUT2D eigenvalue weighted by atomic mass is 31.2. The summed E-state index contributed by atoms with van der Waals surface area (Å²) in [5.41, 5.74) is 0. The van der Waals surface area contributed by atoms with E-state index >= 15 is 0 Å². The van der Waals surface area contributed by atoms with Crippen LogP contribution in [0.1, 0.15) is 342 Å². The van der Waals surface area contributed by atoms with Crippen LogP contribution in [0.4, 0.5) is 0 Å². The molecule has 0 aromatic carbocycles. The smallest absolute Gasteiger partial charge is 0.463 e. The van der Waals surface area contributed by atoms with Crippen LogP contribution in [0.5, 0.6) is 0 Å². The first-order valence-electron chi connectivity index (χ1n) is 40.8. The summed E-state index contributed by atoms with van der Waals surface area (Å²) in [5, 5.41) is 20.6. The SMILES string of the molecule is CC/C=C\C/C=C\C/C=C\C/C=C\C/C=C\CCCCCCCC(=O)OCC(COP(=O)(O)OCC(O)COP(=O)(O)OCC(O)COC(=O)CCCCCCCCCCCCCCCCCCCCC/C=C\C/C=C\C/C=C\C/C=C\CCCCC)OC(=O)CCCCCCC/C=C\CCCC. The molecule has 0 rings (SSSR count). The molecular weight excluding hydrogens is 1340 g/mol. The van der Waals surface area contributed by atoms with E-state index < -0.39 is 91.5 Å². The van der Waals surface area contributed by atoms with Gasteiger partial charge in [-0.3, -0.25) is 32.5 Å². The monoisotopic (exact) mass is 1490 g/mol. The highest BCUT2D eigenvalue weighted by Gasteiger charge is 2.29. The Kier molecular flexibility index (Phi) is 74.5. The van der Waals surface area contributed by atoms with E-state index in [0.717, 1.165) is 141 Å². The van der Waals surface area contributed by atoms with Gasteiger partial charge in [0, 0.05) is 19.3 Å². The standard InChI is InChI=1S/C85H148O16P2/c1-4-7-10-13-16-19-22-24-26-28-30-32-33-34-35-36-37-38-39-40-41-42-43-44-45-47-49-50-52-54-57-59-62-65-68-71-83(88)95-74-80(86)75-97-102(91,92)98-76-81(87)77-99-103(93,94)100-79-82(101-85(90)73-70-67-64-61-56-21-18-15-12-9-6-3)78-96-84(89)72-69-66-63-60-58-55-53-51-48-46-31-29-27-25-23-20-17-14-11-8-5-2/h8,11,15-20,24-27,30-32,34-35,46,51,53,80-82,86-87H,4-7,9-10,12-14,21-23,28-29,33,36-45,47-50,52,54-79H2,1-3H3,(H,91,92)(H,93,94)/b11-8-,18-15-,19-16-,20-17-,26-24-,27-25-,32-30-,35-34-,46-31-,53-51-. The van der Waals surface area contributed by atoms with Crippen molar-refractivity contribution in [3.05, 3.63) is 122 Å². The molecule has 5 atom stereocenters. The molecule has 594 valence electrons. The van der Waals surface area contributed by atoms with Crippen molar-refractivity contribution in [2.24, 2.45) is 0 Å². The Labute approximate surface area is 627 Å². The molecule has 0 aromatic heterocycles. The quantitative estimate of drug-likeness (QED) is 0.0146. The molecule has 0 radical (unpaired) electrons. The minimum atomic E-state index is -4.93. The lowest BCUT2D eigenvalue weighted by Crippen LogP contribution is -2.30. The van der Waals surface area contributed by atoms with E-state index in [0.29, 0.717) is 19.3 Å². The Hall–Kier alpha value is -4.05.